The number of nitro benzene ring substituents is 1. The normalized spacial score (nSPS) is 10.4. The zero-order chi connectivity index (χ0) is 14.1. The molecule has 0 fully saturated rings. The summed E-state index contributed by atoms with van der Waals surface area (Å²) < 4.78 is 5.64. The molecule has 0 atom stereocenters. The first-order chi connectivity index (χ1) is 9.19. The van der Waals surface area contributed by atoms with Gasteiger partial charge in [0.1, 0.15) is 5.75 Å². The van der Waals surface area contributed by atoms with E-state index >= 15 is 0 Å². The van der Waals surface area contributed by atoms with Crippen molar-refractivity contribution in [1.82, 2.24) is 0 Å². The predicted octanol–water partition coefficient (Wildman–Crippen LogP) is 3.40. The van der Waals surface area contributed by atoms with Gasteiger partial charge in [0.15, 0.2) is 0 Å². The Hall–Kier alpha value is -1.62. The number of hydrogen-bond donors (Lipinski definition) is 1. The molecule has 0 heterocycles. The highest BCUT2D eigenvalue weighted by Gasteiger charge is 2.10. The first kappa shape index (κ1) is 15.4. The van der Waals surface area contributed by atoms with E-state index in [9.17, 15) is 10.1 Å². The third kappa shape index (κ3) is 5.26. The molecule has 1 aromatic carbocycles. The fourth-order valence-electron chi connectivity index (χ4n) is 1.87. The predicted molar refractivity (Wildman–Crippen MR) is 75.2 cm³/mol. The van der Waals surface area contributed by atoms with Crippen molar-refractivity contribution < 1.29 is 9.66 Å². The van der Waals surface area contributed by atoms with E-state index in [0.717, 1.165) is 12.8 Å². The van der Waals surface area contributed by atoms with E-state index in [4.69, 9.17) is 10.5 Å². The summed E-state index contributed by atoms with van der Waals surface area (Å²) in [6.45, 7) is 3.06. The molecular formula is C14H22N2O3. The molecule has 0 spiro atoms. The lowest BCUT2D eigenvalue weighted by Crippen LogP contribution is -2.04. The number of rotatable bonds is 9. The van der Waals surface area contributed by atoms with Gasteiger partial charge in [0.05, 0.1) is 11.5 Å². The Morgan fingerprint density at radius 2 is 2.00 bits per heavy atom. The van der Waals surface area contributed by atoms with Crippen LogP contribution in [0, 0.1) is 10.1 Å². The van der Waals surface area contributed by atoms with Crippen LogP contribution in [0.1, 0.15) is 44.6 Å². The van der Waals surface area contributed by atoms with Crippen LogP contribution in [0.5, 0.6) is 5.75 Å². The van der Waals surface area contributed by atoms with Crippen molar-refractivity contribution in [1.29, 1.82) is 0 Å². The van der Waals surface area contributed by atoms with Crippen LogP contribution in [-0.2, 0) is 6.54 Å². The smallest absolute Gasteiger partial charge is 0.270 e. The standard InChI is InChI=1S/C14H22N2O3/c1-2-3-4-5-6-9-19-14-8-7-13(16(17)18)10-12(14)11-15/h7-8,10H,2-6,9,11,15H2,1H3. The van der Waals surface area contributed by atoms with Gasteiger partial charge in [-0.3, -0.25) is 10.1 Å². The van der Waals surface area contributed by atoms with Crippen LogP contribution in [0.25, 0.3) is 0 Å². The van der Waals surface area contributed by atoms with Gasteiger partial charge in [0.2, 0.25) is 0 Å². The molecule has 0 saturated heterocycles. The van der Waals surface area contributed by atoms with Crippen molar-refractivity contribution >= 4 is 5.69 Å². The molecule has 19 heavy (non-hydrogen) atoms. The molecule has 0 unspecified atom stereocenters. The summed E-state index contributed by atoms with van der Waals surface area (Å²) in [6, 6.07) is 4.56. The van der Waals surface area contributed by atoms with E-state index in [2.05, 4.69) is 6.92 Å². The van der Waals surface area contributed by atoms with Crippen molar-refractivity contribution in [2.45, 2.75) is 45.6 Å². The molecule has 0 aliphatic carbocycles. The lowest BCUT2D eigenvalue weighted by Gasteiger charge is -2.10. The van der Waals surface area contributed by atoms with Gasteiger partial charge in [0.25, 0.3) is 5.69 Å². The Bertz CT molecular complexity index is 408. The van der Waals surface area contributed by atoms with Gasteiger partial charge in [-0.25, -0.2) is 0 Å². The van der Waals surface area contributed by atoms with Crippen LogP contribution < -0.4 is 10.5 Å². The molecule has 1 aromatic rings. The highest BCUT2D eigenvalue weighted by Crippen LogP contribution is 2.24. The Kier molecular flexibility index (Phi) is 6.89. The molecule has 0 amide bonds. The minimum Gasteiger partial charge on any atom is -0.493 e. The van der Waals surface area contributed by atoms with Crippen LogP contribution in [0.3, 0.4) is 0 Å². The lowest BCUT2D eigenvalue weighted by atomic mass is 10.1. The van der Waals surface area contributed by atoms with E-state index in [1.165, 1.54) is 31.4 Å². The number of unbranched alkanes of at least 4 members (excludes halogenated alkanes) is 4. The Labute approximate surface area is 113 Å². The molecule has 5 nitrogen and oxygen atoms in total. The van der Waals surface area contributed by atoms with E-state index in [0.29, 0.717) is 17.9 Å². The summed E-state index contributed by atoms with van der Waals surface area (Å²) in [6.07, 6.45) is 5.86. The van der Waals surface area contributed by atoms with Crippen molar-refractivity contribution in [2.24, 2.45) is 5.73 Å². The lowest BCUT2D eigenvalue weighted by molar-refractivity contribution is -0.384. The first-order valence-corrected chi connectivity index (χ1v) is 6.79. The molecule has 0 bridgehead atoms. The SMILES string of the molecule is CCCCCCCOc1ccc([N+](=O)[O-])cc1CN. The van der Waals surface area contributed by atoms with Gasteiger partial charge in [-0.05, 0) is 12.5 Å². The summed E-state index contributed by atoms with van der Waals surface area (Å²) >= 11 is 0. The first-order valence-electron chi connectivity index (χ1n) is 6.79. The Balaban J connectivity index is 2.47. The van der Waals surface area contributed by atoms with Gasteiger partial charge >= 0.3 is 0 Å². The van der Waals surface area contributed by atoms with Crippen LogP contribution >= 0.6 is 0 Å². The molecule has 2 N–H and O–H groups in total. The number of nitrogens with two attached hydrogens (primary N) is 1. The van der Waals surface area contributed by atoms with Crippen molar-refractivity contribution in [3.8, 4) is 5.75 Å². The summed E-state index contributed by atoms with van der Waals surface area (Å²) in [5.41, 5.74) is 6.32. The fourth-order valence-corrected chi connectivity index (χ4v) is 1.87. The van der Waals surface area contributed by atoms with Crippen LogP contribution in [0.4, 0.5) is 5.69 Å². The largest absolute Gasteiger partial charge is 0.493 e. The summed E-state index contributed by atoms with van der Waals surface area (Å²) in [4.78, 5) is 10.2. The molecule has 5 heteroatoms. The van der Waals surface area contributed by atoms with Crippen molar-refractivity contribution in [3.05, 3.63) is 33.9 Å². The maximum Gasteiger partial charge on any atom is 0.270 e. The number of hydrogen-bond acceptors (Lipinski definition) is 4. The van der Waals surface area contributed by atoms with Gasteiger partial charge in [-0.15, -0.1) is 0 Å². The second kappa shape index (κ2) is 8.48. The second-order valence-electron chi connectivity index (χ2n) is 4.52. The van der Waals surface area contributed by atoms with Crippen LogP contribution in [-0.4, -0.2) is 11.5 Å². The summed E-state index contributed by atoms with van der Waals surface area (Å²) in [5, 5.41) is 10.7. The molecule has 106 valence electrons. The van der Waals surface area contributed by atoms with E-state index in [-0.39, 0.29) is 12.2 Å². The monoisotopic (exact) mass is 266 g/mol. The Morgan fingerprint density at radius 1 is 1.26 bits per heavy atom. The molecule has 0 aliphatic heterocycles. The highest BCUT2D eigenvalue weighted by atomic mass is 16.6. The van der Waals surface area contributed by atoms with Gasteiger partial charge in [-0.1, -0.05) is 32.6 Å². The van der Waals surface area contributed by atoms with E-state index < -0.39 is 4.92 Å². The summed E-state index contributed by atoms with van der Waals surface area (Å²) in [7, 11) is 0. The van der Waals surface area contributed by atoms with Crippen molar-refractivity contribution in [3.63, 3.8) is 0 Å². The van der Waals surface area contributed by atoms with Gasteiger partial charge in [-0.2, -0.15) is 0 Å². The molecule has 0 aliphatic rings. The number of nitro groups is 1. The molecule has 0 aromatic heterocycles. The number of benzene rings is 1. The quantitative estimate of drug-likeness (QED) is 0.422. The zero-order valence-electron chi connectivity index (χ0n) is 11.4. The minimum absolute atomic E-state index is 0.0516. The third-order valence-electron chi connectivity index (χ3n) is 2.98. The molecule has 1 rings (SSSR count). The van der Waals surface area contributed by atoms with Gasteiger partial charge < -0.3 is 10.5 Å². The zero-order valence-corrected chi connectivity index (χ0v) is 11.4. The van der Waals surface area contributed by atoms with Crippen molar-refractivity contribution in [2.75, 3.05) is 6.61 Å². The number of nitrogens with zero attached hydrogens (tertiary/aromatic N) is 1. The molecule has 0 radical (unpaired) electrons. The van der Waals surface area contributed by atoms with Crippen LogP contribution in [0.2, 0.25) is 0 Å². The number of non-ortho nitro benzene ring substituents is 1. The average Bonchev–Trinajstić information content (AvgIpc) is 2.42. The fraction of sp³-hybridized carbons (Fsp3) is 0.571. The average molecular weight is 266 g/mol. The maximum atomic E-state index is 10.7. The van der Waals surface area contributed by atoms with Gasteiger partial charge in [0, 0.05) is 24.2 Å². The van der Waals surface area contributed by atoms with E-state index in [1.54, 1.807) is 6.07 Å². The minimum atomic E-state index is -0.423. The second-order valence-corrected chi connectivity index (χ2v) is 4.52. The number of ether oxygens (including phenoxy) is 1. The molecule has 0 saturated carbocycles. The maximum absolute atomic E-state index is 10.7. The third-order valence-corrected chi connectivity index (χ3v) is 2.98. The Morgan fingerprint density at radius 3 is 2.63 bits per heavy atom. The highest BCUT2D eigenvalue weighted by molar-refractivity contribution is 5.43. The summed E-state index contributed by atoms with van der Waals surface area (Å²) in [5.74, 6) is 0.656. The van der Waals surface area contributed by atoms with E-state index in [1.807, 2.05) is 0 Å². The van der Waals surface area contributed by atoms with Crippen LogP contribution in [0.15, 0.2) is 18.2 Å². The molecular weight excluding hydrogens is 244 g/mol. The topological polar surface area (TPSA) is 78.4 Å².